The Morgan fingerprint density at radius 1 is 1.15 bits per heavy atom. The molecule has 0 radical (unpaired) electrons. The molecule has 0 aliphatic carbocycles. The van der Waals surface area contributed by atoms with Crippen molar-refractivity contribution in [1.82, 2.24) is 5.32 Å². The third kappa shape index (κ3) is 5.79. The maximum Gasteiger partial charge on any atom is 0.265 e. The number of amides is 2. The van der Waals surface area contributed by atoms with Crippen LogP contribution in [0.15, 0.2) is 48.5 Å². The molecule has 7 heteroatoms. The molecule has 0 heterocycles. The number of aliphatic hydroxyl groups excluding tert-OH is 1. The predicted molar refractivity (Wildman–Crippen MR) is 100 cm³/mol. The van der Waals surface area contributed by atoms with Crippen molar-refractivity contribution in [1.29, 1.82) is 0 Å². The van der Waals surface area contributed by atoms with E-state index in [2.05, 4.69) is 10.6 Å². The van der Waals surface area contributed by atoms with Gasteiger partial charge in [0.25, 0.3) is 11.8 Å². The lowest BCUT2D eigenvalue weighted by Gasteiger charge is -2.18. The van der Waals surface area contributed by atoms with E-state index in [1.54, 1.807) is 50.2 Å². The summed E-state index contributed by atoms with van der Waals surface area (Å²) in [6.07, 6.45) is -0.491. The van der Waals surface area contributed by atoms with Crippen LogP contribution in [0.3, 0.4) is 0 Å². The van der Waals surface area contributed by atoms with E-state index in [0.717, 1.165) is 0 Å². The molecule has 2 rings (SSSR count). The van der Waals surface area contributed by atoms with Crippen molar-refractivity contribution in [3.63, 3.8) is 0 Å². The molecule has 0 saturated heterocycles. The highest BCUT2D eigenvalue weighted by atomic mass is 19.1. The van der Waals surface area contributed by atoms with Crippen LogP contribution in [-0.4, -0.2) is 35.7 Å². The average Bonchev–Trinajstić information content (AvgIpc) is 2.67. The van der Waals surface area contributed by atoms with Gasteiger partial charge >= 0.3 is 0 Å². The first-order chi connectivity index (χ1) is 12.9. The van der Waals surface area contributed by atoms with Crippen molar-refractivity contribution in [3.05, 3.63) is 59.9 Å². The highest BCUT2D eigenvalue weighted by Crippen LogP contribution is 2.19. The standard InChI is InChI=1S/C20H23FN2O4/c1-3-17(27-18-7-5-4-6-16(18)21)20(26)23-15-10-8-14(9-11-15)19(25)22-13(2)12-24/h4-11,13,17,24H,3,12H2,1-2H3,(H,22,25)(H,23,26)/t13-,17+/m1/s1. The number of ether oxygens (including phenoxy) is 1. The fraction of sp³-hybridized carbons (Fsp3) is 0.300. The van der Waals surface area contributed by atoms with Crippen LogP contribution in [-0.2, 0) is 4.79 Å². The summed E-state index contributed by atoms with van der Waals surface area (Å²) in [5, 5.41) is 14.3. The zero-order chi connectivity index (χ0) is 19.8. The second-order valence-corrected chi connectivity index (χ2v) is 6.07. The van der Waals surface area contributed by atoms with Gasteiger partial charge in [0.05, 0.1) is 6.61 Å². The molecule has 2 aromatic carbocycles. The Labute approximate surface area is 157 Å². The molecule has 0 fully saturated rings. The van der Waals surface area contributed by atoms with Gasteiger partial charge in [-0.1, -0.05) is 19.1 Å². The molecule has 0 bridgehead atoms. The van der Waals surface area contributed by atoms with Crippen molar-refractivity contribution in [2.45, 2.75) is 32.4 Å². The number of hydrogen-bond acceptors (Lipinski definition) is 4. The monoisotopic (exact) mass is 374 g/mol. The first-order valence-corrected chi connectivity index (χ1v) is 8.68. The van der Waals surface area contributed by atoms with Crippen LogP contribution in [0.25, 0.3) is 0 Å². The summed E-state index contributed by atoms with van der Waals surface area (Å²) in [7, 11) is 0. The Kier molecular flexibility index (Phi) is 7.31. The van der Waals surface area contributed by atoms with Crippen LogP contribution in [0.4, 0.5) is 10.1 Å². The minimum Gasteiger partial charge on any atom is -0.478 e. The van der Waals surface area contributed by atoms with Crippen LogP contribution < -0.4 is 15.4 Å². The van der Waals surface area contributed by atoms with Gasteiger partial charge in [-0.2, -0.15) is 0 Å². The smallest absolute Gasteiger partial charge is 0.265 e. The van der Waals surface area contributed by atoms with Gasteiger partial charge in [-0.05, 0) is 49.7 Å². The molecule has 27 heavy (non-hydrogen) atoms. The Morgan fingerprint density at radius 3 is 2.41 bits per heavy atom. The van der Waals surface area contributed by atoms with Gasteiger partial charge in [-0.15, -0.1) is 0 Å². The lowest BCUT2D eigenvalue weighted by molar-refractivity contribution is -0.122. The summed E-state index contributed by atoms with van der Waals surface area (Å²) < 4.78 is 19.2. The molecular weight excluding hydrogens is 351 g/mol. The van der Waals surface area contributed by atoms with Crippen LogP contribution in [0, 0.1) is 5.82 Å². The maximum atomic E-state index is 13.7. The minimum atomic E-state index is -0.852. The topological polar surface area (TPSA) is 87.7 Å². The summed E-state index contributed by atoms with van der Waals surface area (Å²) in [5.74, 6) is -1.24. The zero-order valence-corrected chi connectivity index (χ0v) is 15.2. The summed E-state index contributed by atoms with van der Waals surface area (Å²) in [6.45, 7) is 3.30. The third-order valence-electron chi connectivity index (χ3n) is 3.84. The third-order valence-corrected chi connectivity index (χ3v) is 3.84. The molecule has 0 aromatic heterocycles. The Morgan fingerprint density at radius 2 is 1.81 bits per heavy atom. The molecule has 0 spiro atoms. The van der Waals surface area contributed by atoms with Gasteiger partial charge in [0.1, 0.15) is 0 Å². The molecule has 2 aromatic rings. The van der Waals surface area contributed by atoms with Crippen molar-refractivity contribution in [2.75, 3.05) is 11.9 Å². The zero-order valence-electron chi connectivity index (χ0n) is 15.2. The normalized spacial score (nSPS) is 12.7. The van der Waals surface area contributed by atoms with Crippen molar-refractivity contribution in [2.24, 2.45) is 0 Å². The second kappa shape index (κ2) is 9.68. The van der Waals surface area contributed by atoms with Crippen molar-refractivity contribution < 1.29 is 23.8 Å². The molecule has 6 nitrogen and oxygen atoms in total. The number of rotatable bonds is 8. The molecule has 0 unspecified atom stereocenters. The van der Waals surface area contributed by atoms with Gasteiger partial charge in [-0.25, -0.2) is 4.39 Å². The van der Waals surface area contributed by atoms with Gasteiger partial charge in [0, 0.05) is 17.3 Å². The number of carbonyl (C=O) groups excluding carboxylic acids is 2. The number of anilines is 1. The fourth-order valence-electron chi connectivity index (χ4n) is 2.30. The Hall–Kier alpha value is -2.93. The molecule has 0 aliphatic heterocycles. The minimum absolute atomic E-state index is 0.0181. The Balaban J connectivity index is 1.99. The highest BCUT2D eigenvalue weighted by Gasteiger charge is 2.20. The number of benzene rings is 2. The van der Waals surface area contributed by atoms with Crippen LogP contribution in [0.2, 0.25) is 0 Å². The van der Waals surface area contributed by atoms with E-state index in [0.29, 0.717) is 17.7 Å². The largest absolute Gasteiger partial charge is 0.478 e. The summed E-state index contributed by atoms with van der Waals surface area (Å²) >= 11 is 0. The molecule has 144 valence electrons. The maximum absolute atomic E-state index is 13.7. The summed E-state index contributed by atoms with van der Waals surface area (Å²) in [4.78, 5) is 24.4. The van der Waals surface area contributed by atoms with E-state index in [-0.39, 0.29) is 24.3 Å². The van der Waals surface area contributed by atoms with Gasteiger partial charge in [0.2, 0.25) is 0 Å². The predicted octanol–water partition coefficient (Wildman–Crippen LogP) is 2.73. The summed E-state index contributed by atoms with van der Waals surface area (Å²) in [6, 6.07) is 11.9. The van der Waals surface area contributed by atoms with Gasteiger partial charge < -0.3 is 20.5 Å². The molecular formula is C20H23FN2O4. The number of aliphatic hydroxyl groups is 1. The number of halogens is 1. The fourth-order valence-corrected chi connectivity index (χ4v) is 2.30. The SMILES string of the molecule is CC[C@H](Oc1ccccc1F)C(=O)Nc1ccc(C(=O)N[C@H](C)CO)cc1. The molecule has 2 atom stereocenters. The quantitative estimate of drug-likeness (QED) is 0.663. The highest BCUT2D eigenvalue weighted by molar-refractivity contribution is 5.97. The van der Waals surface area contributed by atoms with Gasteiger partial charge in [0.15, 0.2) is 17.7 Å². The van der Waals surface area contributed by atoms with E-state index in [1.165, 1.54) is 12.1 Å². The van der Waals surface area contributed by atoms with E-state index in [4.69, 9.17) is 9.84 Å². The second-order valence-electron chi connectivity index (χ2n) is 6.07. The van der Waals surface area contributed by atoms with Crippen LogP contribution >= 0.6 is 0 Å². The van der Waals surface area contributed by atoms with Crippen LogP contribution in [0.5, 0.6) is 5.75 Å². The summed E-state index contributed by atoms with van der Waals surface area (Å²) in [5.41, 5.74) is 0.894. The number of hydrogen-bond donors (Lipinski definition) is 3. The molecule has 0 aliphatic rings. The van der Waals surface area contributed by atoms with E-state index in [9.17, 15) is 14.0 Å². The van der Waals surface area contributed by atoms with Gasteiger partial charge in [-0.3, -0.25) is 9.59 Å². The Bertz CT molecular complexity index is 780. The van der Waals surface area contributed by atoms with Crippen molar-refractivity contribution >= 4 is 17.5 Å². The molecule has 0 saturated carbocycles. The number of carbonyl (C=O) groups is 2. The average molecular weight is 374 g/mol. The van der Waals surface area contributed by atoms with E-state index >= 15 is 0 Å². The lowest BCUT2D eigenvalue weighted by atomic mass is 10.1. The lowest BCUT2D eigenvalue weighted by Crippen LogP contribution is -2.35. The van der Waals surface area contributed by atoms with E-state index < -0.39 is 17.8 Å². The first-order valence-electron chi connectivity index (χ1n) is 8.68. The number of para-hydroxylation sites is 1. The van der Waals surface area contributed by atoms with E-state index in [1.807, 2.05) is 0 Å². The molecule has 2 amide bonds. The first kappa shape index (κ1) is 20.4. The van der Waals surface area contributed by atoms with Crippen molar-refractivity contribution in [3.8, 4) is 5.75 Å². The van der Waals surface area contributed by atoms with Crippen LogP contribution in [0.1, 0.15) is 30.6 Å². The number of nitrogens with one attached hydrogen (secondary N) is 2. The molecule has 3 N–H and O–H groups in total.